The maximum atomic E-state index is 6.20. The van der Waals surface area contributed by atoms with Crippen molar-refractivity contribution in [1.82, 2.24) is 5.32 Å². The molecule has 19 heavy (non-hydrogen) atoms. The van der Waals surface area contributed by atoms with Gasteiger partial charge in [-0.1, -0.05) is 31.5 Å². The normalized spacial score (nSPS) is 12.7. The first kappa shape index (κ1) is 16.3. The molecule has 0 aliphatic rings. The number of hydrogen-bond acceptors (Lipinski definition) is 3. The van der Waals surface area contributed by atoms with Crippen LogP contribution >= 0.6 is 11.6 Å². The van der Waals surface area contributed by atoms with Crippen molar-refractivity contribution in [1.29, 1.82) is 0 Å². The average molecular weight is 286 g/mol. The SMILES string of the molecule is COC(C)COc1ccc(CNCC(C)C)cc1Cl. The Kier molecular flexibility index (Phi) is 7.21. The van der Waals surface area contributed by atoms with Gasteiger partial charge in [-0.2, -0.15) is 0 Å². The molecular weight excluding hydrogens is 262 g/mol. The number of nitrogens with one attached hydrogen (secondary N) is 1. The molecule has 1 rings (SSSR count). The minimum absolute atomic E-state index is 0.0588. The lowest BCUT2D eigenvalue weighted by Crippen LogP contribution is -2.19. The van der Waals surface area contributed by atoms with Crippen molar-refractivity contribution < 1.29 is 9.47 Å². The van der Waals surface area contributed by atoms with Gasteiger partial charge in [-0.15, -0.1) is 0 Å². The van der Waals surface area contributed by atoms with Gasteiger partial charge in [-0.05, 0) is 37.1 Å². The van der Waals surface area contributed by atoms with Crippen LogP contribution in [0.1, 0.15) is 26.3 Å². The van der Waals surface area contributed by atoms with Crippen LogP contribution in [0.5, 0.6) is 5.75 Å². The van der Waals surface area contributed by atoms with Gasteiger partial charge in [0.25, 0.3) is 0 Å². The third-order valence-corrected chi connectivity index (χ3v) is 3.05. The summed E-state index contributed by atoms with van der Waals surface area (Å²) in [7, 11) is 1.67. The summed E-state index contributed by atoms with van der Waals surface area (Å²) in [5.41, 5.74) is 1.16. The number of rotatable bonds is 8. The zero-order valence-corrected chi connectivity index (χ0v) is 13.0. The molecule has 0 aromatic heterocycles. The molecule has 4 heteroatoms. The topological polar surface area (TPSA) is 30.5 Å². The van der Waals surface area contributed by atoms with Crippen LogP contribution in [0.4, 0.5) is 0 Å². The molecule has 0 aliphatic heterocycles. The van der Waals surface area contributed by atoms with Crippen LogP contribution in [0, 0.1) is 5.92 Å². The molecule has 0 saturated carbocycles. The number of ether oxygens (including phenoxy) is 2. The molecule has 1 N–H and O–H groups in total. The predicted octanol–water partition coefficient (Wildman–Crippen LogP) is 3.50. The standard InChI is InChI=1S/C15H24ClNO2/c1-11(2)8-17-9-13-5-6-15(14(16)7-13)19-10-12(3)18-4/h5-7,11-12,17H,8-10H2,1-4H3. The van der Waals surface area contributed by atoms with E-state index in [1.807, 2.05) is 25.1 Å². The summed E-state index contributed by atoms with van der Waals surface area (Å²) in [6.07, 6.45) is 0.0588. The van der Waals surface area contributed by atoms with Gasteiger partial charge in [0.15, 0.2) is 0 Å². The molecule has 0 aliphatic carbocycles. The van der Waals surface area contributed by atoms with Gasteiger partial charge in [0.1, 0.15) is 12.4 Å². The Balaban J connectivity index is 2.49. The zero-order chi connectivity index (χ0) is 14.3. The van der Waals surface area contributed by atoms with Gasteiger partial charge >= 0.3 is 0 Å². The third-order valence-electron chi connectivity index (χ3n) is 2.75. The molecule has 108 valence electrons. The van der Waals surface area contributed by atoms with Crippen molar-refractivity contribution in [2.24, 2.45) is 5.92 Å². The lowest BCUT2D eigenvalue weighted by atomic mass is 10.2. The highest BCUT2D eigenvalue weighted by Crippen LogP contribution is 2.25. The van der Waals surface area contributed by atoms with Crippen LogP contribution < -0.4 is 10.1 Å². The Morgan fingerprint density at radius 2 is 2.00 bits per heavy atom. The Hall–Kier alpha value is -0.770. The monoisotopic (exact) mass is 285 g/mol. The Bertz CT molecular complexity index is 382. The summed E-state index contributed by atoms with van der Waals surface area (Å²) in [5.74, 6) is 1.35. The first-order valence-corrected chi connectivity index (χ1v) is 7.05. The first-order chi connectivity index (χ1) is 9.02. The van der Waals surface area contributed by atoms with E-state index in [2.05, 4.69) is 19.2 Å². The molecule has 0 spiro atoms. The molecule has 3 nitrogen and oxygen atoms in total. The van der Waals surface area contributed by atoms with Crippen molar-refractivity contribution in [2.45, 2.75) is 33.4 Å². The van der Waals surface area contributed by atoms with Gasteiger partial charge in [-0.25, -0.2) is 0 Å². The number of benzene rings is 1. The summed E-state index contributed by atoms with van der Waals surface area (Å²) in [6.45, 7) is 8.66. The molecule has 1 atom stereocenters. The number of halogens is 1. The van der Waals surface area contributed by atoms with E-state index in [0.29, 0.717) is 23.3 Å². The number of methoxy groups -OCH3 is 1. The maximum absolute atomic E-state index is 6.20. The molecule has 0 saturated heterocycles. The van der Waals surface area contributed by atoms with Gasteiger partial charge in [0.2, 0.25) is 0 Å². The van der Waals surface area contributed by atoms with Crippen LogP contribution in [0.25, 0.3) is 0 Å². The molecule has 0 bridgehead atoms. The Morgan fingerprint density at radius 3 is 2.58 bits per heavy atom. The molecule has 0 radical (unpaired) electrons. The average Bonchev–Trinajstić information content (AvgIpc) is 2.37. The lowest BCUT2D eigenvalue weighted by Gasteiger charge is -2.13. The second-order valence-electron chi connectivity index (χ2n) is 5.15. The quantitative estimate of drug-likeness (QED) is 0.793. The van der Waals surface area contributed by atoms with E-state index in [1.165, 1.54) is 0 Å². The first-order valence-electron chi connectivity index (χ1n) is 6.67. The minimum Gasteiger partial charge on any atom is -0.489 e. The summed E-state index contributed by atoms with van der Waals surface area (Å²) in [4.78, 5) is 0. The van der Waals surface area contributed by atoms with Crippen molar-refractivity contribution in [3.05, 3.63) is 28.8 Å². The van der Waals surface area contributed by atoms with E-state index in [9.17, 15) is 0 Å². The van der Waals surface area contributed by atoms with Gasteiger partial charge in [-0.3, -0.25) is 0 Å². The van der Waals surface area contributed by atoms with Gasteiger partial charge in [0.05, 0.1) is 11.1 Å². The summed E-state index contributed by atoms with van der Waals surface area (Å²) in [5, 5.41) is 4.03. The van der Waals surface area contributed by atoms with E-state index in [0.717, 1.165) is 18.7 Å². The predicted molar refractivity (Wildman–Crippen MR) is 80.0 cm³/mol. The molecule has 1 aromatic rings. The fourth-order valence-corrected chi connectivity index (χ4v) is 1.81. The van der Waals surface area contributed by atoms with Crippen molar-refractivity contribution in [3.63, 3.8) is 0 Å². The molecule has 1 aromatic carbocycles. The largest absolute Gasteiger partial charge is 0.489 e. The molecule has 1 unspecified atom stereocenters. The highest BCUT2D eigenvalue weighted by atomic mass is 35.5. The van der Waals surface area contributed by atoms with Crippen LogP contribution in [0.2, 0.25) is 5.02 Å². The van der Waals surface area contributed by atoms with Crippen molar-refractivity contribution in [3.8, 4) is 5.75 Å². The summed E-state index contributed by atoms with van der Waals surface area (Å²) >= 11 is 6.20. The smallest absolute Gasteiger partial charge is 0.138 e. The molecule has 0 heterocycles. The van der Waals surface area contributed by atoms with E-state index in [4.69, 9.17) is 21.1 Å². The Morgan fingerprint density at radius 1 is 1.26 bits per heavy atom. The molecular formula is C15H24ClNO2. The van der Waals surface area contributed by atoms with Gasteiger partial charge in [0, 0.05) is 13.7 Å². The highest BCUT2D eigenvalue weighted by molar-refractivity contribution is 6.32. The van der Waals surface area contributed by atoms with E-state index in [1.54, 1.807) is 7.11 Å². The maximum Gasteiger partial charge on any atom is 0.138 e. The van der Waals surface area contributed by atoms with E-state index in [-0.39, 0.29) is 6.10 Å². The van der Waals surface area contributed by atoms with Crippen molar-refractivity contribution >= 4 is 11.6 Å². The van der Waals surface area contributed by atoms with E-state index < -0.39 is 0 Å². The van der Waals surface area contributed by atoms with E-state index >= 15 is 0 Å². The second-order valence-corrected chi connectivity index (χ2v) is 5.55. The molecule has 0 fully saturated rings. The van der Waals surface area contributed by atoms with Crippen LogP contribution in [-0.2, 0) is 11.3 Å². The highest BCUT2D eigenvalue weighted by Gasteiger charge is 2.06. The van der Waals surface area contributed by atoms with Gasteiger partial charge < -0.3 is 14.8 Å². The van der Waals surface area contributed by atoms with Crippen LogP contribution in [-0.4, -0.2) is 26.4 Å². The zero-order valence-electron chi connectivity index (χ0n) is 12.2. The fourth-order valence-electron chi connectivity index (χ4n) is 1.55. The number of hydrogen-bond donors (Lipinski definition) is 1. The lowest BCUT2D eigenvalue weighted by molar-refractivity contribution is 0.0717. The second kappa shape index (κ2) is 8.41. The Labute approximate surface area is 121 Å². The third kappa shape index (κ3) is 6.28. The minimum atomic E-state index is 0.0588. The van der Waals surface area contributed by atoms with Crippen LogP contribution in [0.15, 0.2) is 18.2 Å². The van der Waals surface area contributed by atoms with Crippen molar-refractivity contribution in [2.75, 3.05) is 20.3 Å². The molecule has 0 amide bonds. The fraction of sp³-hybridized carbons (Fsp3) is 0.600. The van der Waals surface area contributed by atoms with Crippen LogP contribution in [0.3, 0.4) is 0 Å². The summed E-state index contributed by atoms with van der Waals surface area (Å²) in [6, 6.07) is 5.89. The summed E-state index contributed by atoms with van der Waals surface area (Å²) < 4.78 is 10.7.